The number of hydrogen-bond acceptors (Lipinski definition) is 1. The lowest BCUT2D eigenvalue weighted by atomic mass is 10.2. The summed E-state index contributed by atoms with van der Waals surface area (Å²) >= 11 is 0. The zero-order chi connectivity index (χ0) is 20.6. The van der Waals surface area contributed by atoms with Gasteiger partial charge in [0.15, 0.2) is 0 Å². The molecule has 0 aromatic carbocycles. The predicted molar refractivity (Wildman–Crippen MR) is 96.0 cm³/mol. The lowest BCUT2D eigenvalue weighted by molar-refractivity contribution is -0.137. The molecule has 0 fully saturated rings. The van der Waals surface area contributed by atoms with Gasteiger partial charge in [-0.1, -0.05) is 68.3 Å². The average molecular weight is 310 g/mol. The number of aliphatic carboxylic acids is 1. The first-order valence-electron chi connectivity index (χ1n) is 10.5. The second-order valence-electron chi connectivity index (χ2n) is 4.95. The van der Waals surface area contributed by atoms with Gasteiger partial charge in [-0.3, -0.25) is 4.79 Å². The summed E-state index contributed by atoms with van der Waals surface area (Å²) in [6, 6.07) is 0. The van der Waals surface area contributed by atoms with E-state index in [2.05, 4.69) is 24.3 Å². The molecule has 0 bridgehead atoms. The zero-order valence-corrected chi connectivity index (χ0v) is 13.3. The van der Waals surface area contributed by atoms with Gasteiger partial charge in [0.05, 0.1) is 0 Å². The quantitative estimate of drug-likeness (QED) is 0.305. The zero-order valence-electron chi connectivity index (χ0n) is 18.3. The van der Waals surface area contributed by atoms with Crippen LogP contribution in [0.3, 0.4) is 0 Å². The molecule has 0 rings (SSSR count). The molecular formula is C20H32O2. The van der Waals surface area contributed by atoms with Crippen LogP contribution in [0.25, 0.3) is 0 Å². The van der Waals surface area contributed by atoms with Gasteiger partial charge in [-0.05, 0) is 44.9 Å². The van der Waals surface area contributed by atoms with Crippen molar-refractivity contribution in [3.8, 4) is 0 Å². The first-order valence-corrected chi connectivity index (χ1v) is 7.98. The van der Waals surface area contributed by atoms with Crippen molar-refractivity contribution in [2.45, 2.75) is 71.0 Å². The fraction of sp³-hybridized carbons (Fsp3) is 0.550. The molecule has 0 aliphatic heterocycles. The number of carbonyl (C=O) groups is 1. The van der Waals surface area contributed by atoms with E-state index in [0.29, 0.717) is 19.3 Å². The Balaban J connectivity index is 3.65. The first-order chi connectivity index (χ1) is 12.7. The average Bonchev–Trinajstić information content (AvgIpc) is 2.56. The van der Waals surface area contributed by atoms with Crippen LogP contribution in [0.1, 0.15) is 77.9 Å². The third-order valence-electron chi connectivity index (χ3n) is 2.92. The SMILES string of the molecule is [2H]C([2H])([2H])C([2H])([2H])CCC/C=C\C/C=C\C/C=C\C/C=C\CCCC(=O)O. The fourth-order valence-corrected chi connectivity index (χ4v) is 1.73. The van der Waals surface area contributed by atoms with Gasteiger partial charge in [0.1, 0.15) is 0 Å². The standard InChI is InChI=1S/C20H32O2/c1-2-3-4-5-6-7-8-9-10-11-12-13-14-15-16-17-18-19-20(21)22/h6-7,9-10,12-13,15-16H,2-5,8,11,14,17-19H2,1H3,(H,21,22)/b7-6-,10-9-,13-12-,16-15-/i1D3,2D2. The van der Waals surface area contributed by atoms with Crippen LogP contribution < -0.4 is 0 Å². The molecule has 0 saturated heterocycles. The smallest absolute Gasteiger partial charge is 0.303 e. The summed E-state index contributed by atoms with van der Waals surface area (Å²) in [6.45, 7) is -2.55. The largest absolute Gasteiger partial charge is 0.481 e. The second-order valence-corrected chi connectivity index (χ2v) is 4.95. The summed E-state index contributed by atoms with van der Waals surface area (Å²) in [5.74, 6) is -0.749. The van der Waals surface area contributed by atoms with Crippen molar-refractivity contribution in [3.05, 3.63) is 48.6 Å². The lowest BCUT2D eigenvalue weighted by Gasteiger charge is -1.90. The molecule has 0 spiro atoms. The minimum Gasteiger partial charge on any atom is -0.481 e. The highest BCUT2D eigenvalue weighted by Gasteiger charge is 1.92. The number of rotatable bonds is 14. The summed E-state index contributed by atoms with van der Waals surface area (Å²) in [5, 5.41) is 8.51. The van der Waals surface area contributed by atoms with E-state index in [0.717, 1.165) is 25.7 Å². The monoisotopic (exact) mass is 309 g/mol. The fourth-order valence-electron chi connectivity index (χ4n) is 1.73. The Labute approximate surface area is 143 Å². The predicted octanol–water partition coefficient (Wildman–Crippen LogP) is 6.22. The van der Waals surface area contributed by atoms with Gasteiger partial charge in [-0.2, -0.15) is 0 Å². The number of carboxylic acids is 1. The van der Waals surface area contributed by atoms with Gasteiger partial charge < -0.3 is 5.11 Å². The van der Waals surface area contributed by atoms with E-state index >= 15 is 0 Å². The Morgan fingerprint density at radius 2 is 1.36 bits per heavy atom. The van der Waals surface area contributed by atoms with Crippen LogP contribution in [0.5, 0.6) is 0 Å². The molecule has 1 N–H and O–H groups in total. The van der Waals surface area contributed by atoms with Gasteiger partial charge in [0.2, 0.25) is 0 Å². The normalized spacial score (nSPS) is 17.0. The van der Waals surface area contributed by atoms with Crippen LogP contribution in [0, 0.1) is 0 Å². The van der Waals surface area contributed by atoms with Crippen LogP contribution in [0.4, 0.5) is 0 Å². The van der Waals surface area contributed by atoms with Crippen LogP contribution in [0.15, 0.2) is 48.6 Å². The summed E-state index contributed by atoms with van der Waals surface area (Å²) in [5.41, 5.74) is 0. The Bertz CT molecular complexity index is 517. The third-order valence-corrected chi connectivity index (χ3v) is 2.92. The molecule has 2 nitrogen and oxygen atoms in total. The molecular weight excluding hydrogens is 272 g/mol. The molecule has 0 aliphatic carbocycles. The second kappa shape index (κ2) is 17.5. The summed E-state index contributed by atoms with van der Waals surface area (Å²) < 4.78 is 36.5. The molecule has 0 atom stereocenters. The highest BCUT2D eigenvalue weighted by atomic mass is 16.4. The topological polar surface area (TPSA) is 37.3 Å². The molecule has 0 saturated carbocycles. The molecule has 2 heteroatoms. The van der Waals surface area contributed by atoms with Gasteiger partial charge in [-0.25, -0.2) is 0 Å². The first kappa shape index (κ1) is 12.9. The maximum atomic E-state index is 10.3. The van der Waals surface area contributed by atoms with Gasteiger partial charge in [0, 0.05) is 13.3 Å². The van der Waals surface area contributed by atoms with Crippen LogP contribution in [-0.2, 0) is 4.79 Å². The van der Waals surface area contributed by atoms with E-state index in [1.165, 1.54) is 0 Å². The minimum absolute atomic E-state index is 0.0441. The van der Waals surface area contributed by atoms with E-state index in [4.69, 9.17) is 12.0 Å². The van der Waals surface area contributed by atoms with E-state index in [1.54, 1.807) is 0 Å². The Morgan fingerprint density at radius 1 is 0.864 bits per heavy atom. The van der Waals surface area contributed by atoms with Crippen molar-refractivity contribution in [2.75, 3.05) is 0 Å². The maximum Gasteiger partial charge on any atom is 0.303 e. The highest BCUT2D eigenvalue weighted by molar-refractivity contribution is 5.66. The Kier molecular flexibility index (Phi) is 10.3. The Hall–Kier alpha value is -1.57. The van der Waals surface area contributed by atoms with Crippen molar-refractivity contribution in [1.29, 1.82) is 0 Å². The van der Waals surface area contributed by atoms with Crippen molar-refractivity contribution in [2.24, 2.45) is 0 Å². The molecule has 0 aromatic rings. The minimum atomic E-state index is -2.55. The molecule has 22 heavy (non-hydrogen) atoms. The summed E-state index contributed by atoms with van der Waals surface area (Å²) in [4.78, 5) is 10.3. The van der Waals surface area contributed by atoms with Crippen molar-refractivity contribution in [3.63, 3.8) is 0 Å². The molecule has 0 aliphatic rings. The number of carboxylic acid groups (broad SMARTS) is 1. The number of allylic oxidation sites excluding steroid dienone is 8. The van der Waals surface area contributed by atoms with Crippen molar-refractivity contribution in [1.82, 2.24) is 0 Å². The van der Waals surface area contributed by atoms with E-state index in [-0.39, 0.29) is 12.8 Å². The lowest BCUT2D eigenvalue weighted by Crippen LogP contribution is -1.92. The highest BCUT2D eigenvalue weighted by Crippen LogP contribution is 2.01. The van der Waals surface area contributed by atoms with Crippen molar-refractivity contribution >= 4 is 5.97 Å². The maximum absolute atomic E-state index is 10.3. The molecule has 0 aromatic heterocycles. The van der Waals surface area contributed by atoms with Crippen LogP contribution in [0.2, 0.25) is 0 Å². The molecule has 0 radical (unpaired) electrons. The Morgan fingerprint density at radius 3 is 1.86 bits per heavy atom. The van der Waals surface area contributed by atoms with Gasteiger partial charge >= 0.3 is 5.97 Å². The van der Waals surface area contributed by atoms with E-state index in [9.17, 15) is 4.79 Å². The number of unbranched alkanes of at least 4 members (excludes halogenated alkanes) is 2. The van der Waals surface area contributed by atoms with Crippen molar-refractivity contribution < 1.29 is 16.8 Å². The molecule has 0 heterocycles. The summed E-state index contributed by atoms with van der Waals surface area (Å²) in [7, 11) is 0. The van der Waals surface area contributed by atoms with Gasteiger partial charge in [0.25, 0.3) is 0 Å². The molecule has 0 amide bonds. The summed E-state index contributed by atoms with van der Waals surface area (Å²) in [6.07, 6.45) is 19.7. The molecule has 124 valence electrons. The number of hydrogen-bond donors (Lipinski definition) is 1. The molecule has 0 unspecified atom stereocenters. The van der Waals surface area contributed by atoms with E-state index in [1.807, 2.05) is 24.3 Å². The van der Waals surface area contributed by atoms with Gasteiger partial charge in [-0.15, -0.1) is 0 Å². The van der Waals surface area contributed by atoms with E-state index < -0.39 is 19.2 Å². The van der Waals surface area contributed by atoms with Crippen LogP contribution in [-0.4, -0.2) is 11.1 Å². The van der Waals surface area contributed by atoms with Crippen LogP contribution >= 0.6 is 0 Å². The third kappa shape index (κ3) is 18.4.